The Morgan fingerprint density at radius 3 is 2.76 bits per heavy atom. The van der Waals surface area contributed by atoms with Crippen LogP contribution in [-0.4, -0.2) is 40.1 Å². The molecule has 0 aliphatic heterocycles. The lowest BCUT2D eigenvalue weighted by molar-refractivity contribution is 0.388. The Morgan fingerprint density at radius 2 is 1.93 bits per heavy atom. The smallest absolute Gasteiger partial charge is 0.227 e. The van der Waals surface area contributed by atoms with E-state index in [1.165, 1.54) is 10.9 Å². The summed E-state index contributed by atoms with van der Waals surface area (Å²) >= 11 is 6.07. The summed E-state index contributed by atoms with van der Waals surface area (Å²) in [6, 6.07) is 18.0. The molecule has 6 heteroatoms. The number of halogens is 1. The number of aromatic nitrogens is 3. The molecule has 0 bridgehead atoms. The van der Waals surface area contributed by atoms with Gasteiger partial charge in [-0.3, -0.25) is 0 Å². The van der Waals surface area contributed by atoms with Crippen LogP contribution in [0.4, 0.5) is 11.6 Å². The normalized spacial score (nSPS) is 11.3. The Bertz CT molecular complexity index is 1120. The summed E-state index contributed by atoms with van der Waals surface area (Å²) in [7, 11) is 4.21. The van der Waals surface area contributed by atoms with Crippen LogP contribution in [-0.2, 0) is 6.54 Å². The third-order valence-corrected chi connectivity index (χ3v) is 5.07. The van der Waals surface area contributed by atoms with E-state index < -0.39 is 0 Å². The predicted molar refractivity (Wildman–Crippen MR) is 121 cm³/mol. The second kappa shape index (κ2) is 8.64. The van der Waals surface area contributed by atoms with E-state index in [4.69, 9.17) is 16.6 Å². The third kappa shape index (κ3) is 4.58. The molecule has 29 heavy (non-hydrogen) atoms. The summed E-state index contributed by atoms with van der Waals surface area (Å²) in [5.74, 6) is 0.548. The van der Waals surface area contributed by atoms with Gasteiger partial charge in [-0.2, -0.15) is 0 Å². The summed E-state index contributed by atoms with van der Waals surface area (Å²) in [5.41, 5.74) is 4.08. The number of nitrogens with one attached hydrogen (secondary N) is 1. The molecule has 5 nitrogen and oxygen atoms in total. The minimum atomic E-state index is 0.548. The molecule has 148 valence electrons. The first-order valence-electron chi connectivity index (χ1n) is 9.69. The number of aryl methyl sites for hydroxylation is 1. The highest BCUT2D eigenvalue weighted by atomic mass is 35.5. The van der Waals surface area contributed by atoms with Gasteiger partial charge in [0.25, 0.3) is 0 Å². The van der Waals surface area contributed by atoms with Crippen molar-refractivity contribution in [2.24, 2.45) is 0 Å². The monoisotopic (exact) mass is 405 g/mol. The van der Waals surface area contributed by atoms with E-state index in [9.17, 15) is 0 Å². The molecule has 0 atom stereocenters. The lowest BCUT2D eigenvalue weighted by Gasteiger charge is -2.11. The van der Waals surface area contributed by atoms with E-state index in [1.807, 2.05) is 30.3 Å². The van der Waals surface area contributed by atoms with Crippen molar-refractivity contribution in [2.45, 2.75) is 13.0 Å². The summed E-state index contributed by atoms with van der Waals surface area (Å²) in [6.07, 6.45) is 5.06. The summed E-state index contributed by atoms with van der Waals surface area (Å²) in [6.45, 7) is 2.07. The molecule has 4 aromatic rings. The zero-order valence-corrected chi connectivity index (χ0v) is 17.4. The van der Waals surface area contributed by atoms with Gasteiger partial charge in [-0.15, -0.1) is 0 Å². The van der Waals surface area contributed by atoms with Crippen molar-refractivity contribution in [3.8, 4) is 11.3 Å². The molecule has 0 saturated heterocycles. The van der Waals surface area contributed by atoms with Crippen molar-refractivity contribution >= 4 is 34.1 Å². The van der Waals surface area contributed by atoms with Gasteiger partial charge in [0, 0.05) is 46.1 Å². The first kappa shape index (κ1) is 19.4. The third-order valence-electron chi connectivity index (χ3n) is 4.83. The lowest BCUT2D eigenvalue weighted by atomic mass is 10.1. The summed E-state index contributed by atoms with van der Waals surface area (Å²) in [5, 5.41) is 5.10. The van der Waals surface area contributed by atoms with Crippen molar-refractivity contribution in [3.63, 3.8) is 0 Å². The largest absolute Gasteiger partial charge is 0.347 e. The number of fused-ring (bicyclic) bond motifs is 1. The van der Waals surface area contributed by atoms with E-state index in [1.54, 1.807) is 6.20 Å². The molecular weight excluding hydrogens is 382 g/mol. The van der Waals surface area contributed by atoms with Gasteiger partial charge in [0.05, 0.1) is 5.69 Å². The Balaban J connectivity index is 1.62. The number of hydrogen-bond acceptors (Lipinski definition) is 4. The fraction of sp³-hybridized carbons (Fsp3) is 0.217. The van der Waals surface area contributed by atoms with Crippen molar-refractivity contribution < 1.29 is 0 Å². The number of anilines is 2. The van der Waals surface area contributed by atoms with Crippen molar-refractivity contribution in [1.29, 1.82) is 0 Å². The van der Waals surface area contributed by atoms with E-state index >= 15 is 0 Å². The van der Waals surface area contributed by atoms with Crippen molar-refractivity contribution in [2.75, 3.05) is 26.0 Å². The minimum absolute atomic E-state index is 0.548. The molecule has 2 heterocycles. The van der Waals surface area contributed by atoms with Crippen LogP contribution in [0.2, 0.25) is 5.02 Å². The highest BCUT2D eigenvalue weighted by Crippen LogP contribution is 2.29. The standard InChI is InChI=1S/C23H24ClN5/c1-28(2)13-5-14-29-15-11-20-19(8-4-9-22(20)29)21-10-12-25-23(27-21)26-18-7-3-6-17(24)16-18/h3-4,6-12,15-16H,5,13-14H2,1-2H3,(H,25,26,27). The zero-order chi connectivity index (χ0) is 20.2. The van der Waals surface area contributed by atoms with Crippen LogP contribution in [0.25, 0.3) is 22.2 Å². The van der Waals surface area contributed by atoms with Crippen molar-refractivity contribution in [1.82, 2.24) is 19.4 Å². The Morgan fingerprint density at radius 1 is 1.07 bits per heavy atom. The van der Waals surface area contributed by atoms with E-state index in [2.05, 4.69) is 64.3 Å². The molecule has 4 rings (SSSR count). The van der Waals surface area contributed by atoms with Crippen molar-refractivity contribution in [3.05, 3.63) is 72.0 Å². The maximum absolute atomic E-state index is 6.07. The van der Waals surface area contributed by atoms with E-state index in [0.717, 1.165) is 36.5 Å². The molecular formula is C23H24ClN5. The van der Waals surface area contributed by atoms with Crippen LogP contribution in [0, 0.1) is 0 Å². The molecule has 0 amide bonds. The highest BCUT2D eigenvalue weighted by Gasteiger charge is 2.10. The fourth-order valence-electron chi connectivity index (χ4n) is 3.46. The molecule has 0 aliphatic rings. The maximum Gasteiger partial charge on any atom is 0.227 e. The minimum Gasteiger partial charge on any atom is -0.347 e. The first-order chi connectivity index (χ1) is 14.1. The molecule has 1 N–H and O–H groups in total. The number of benzene rings is 2. The van der Waals surface area contributed by atoms with Gasteiger partial charge in [0.2, 0.25) is 5.95 Å². The molecule has 0 unspecified atom stereocenters. The van der Waals surface area contributed by atoms with Gasteiger partial charge in [-0.25, -0.2) is 9.97 Å². The average molecular weight is 406 g/mol. The van der Waals surface area contributed by atoms with E-state index in [-0.39, 0.29) is 0 Å². The van der Waals surface area contributed by atoms with Gasteiger partial charge in [-0.05, 0) is 63.5 Å². The molecule has 0 aliphatic carbocycles. The number of hydrogen-bond donors (Lipinski definition) is 1. The van der Waals surface area contributed by atoms with Crippen LogP contribution in [0.15, 0.2) is 67.0 Å². The highest BCUT2D eigenvalue weighted by molar-refractivity contribution is 6.30. The van der Waals surface area contributed by atoms with Crippen LogP contribution in [0.1, 0.15) is 6.42 Å². The fourth-order valence-corrected chi connectivity index (χ4v) is 3.65. The molecule has 2 aromatic heterocycles. The Hall–Kier alpha value is -2.89. The summed E-state index contributed by atoms with van der Waals surface area (Å²) < 4.78 is 2.31. The van der Waals surface area contributed by atoms with Gasteiger partial charge in [0.15, 0.2) is 0 Å². The summed E-state index contributed by atoms with van der Waals surface area (Å²) in [4.78, 5) is 11.3. The zero-order valence-electron chi connectivity index (χ0n) is 16.6. The second-order valence-electron chi connectivity index (χ2n) is 7.31. The lowest BCUT2D eigenvalue weighted by Crippen LogP contribution is -2.14. The second-order valence-corrected chi connectivity index (χ2v) is 7.74. The van der Waals surface area contributed by atoms with E-state index in [0.29, 0.717) is 11.0 Å². The van der Waals surface area contributed by atoms with Crippen LogP contribution < -0.4 is 5.32 Å². The SMILES string of the molecule is CN(C)CCCn1ccc2c(-c3ccnc(Nc4cccc(Cl)c4)n3)cccc21. The number of rotatable bonds is 7. The van der Waals surface area contributed by atoms with Crippen LogP contribution in [0.3, 0.4) is 0 Å². The topological polar surface area (TPSA) is 46.0 Å². The van der Waals surface area contributed by atoms with Gasteiger partial charge in [0.1, 0.15) is 0 Å². The molecule has 0 radical (unpaired) electrons. The van der Waals surface area contributed by atoms with Crippen LogP contribution in [0.5, 0.6) is 0 Å². The Labute approximate surface area is 176 Å². The predicted octanol–water partition coefficient (Wildman–Crippen LogP) is 5.45. The van der Waals surface area contributed by atoms with Gasteiger partial charge in [-0.1, -0.05) is 29.8 Å². The molecule has 0 spiro atoms. The Kier molecular flexibility index (Phi) is 5.79. The van der Waals surface area contributed by atoms with Crippen LogP contribution >= 0.6 is 11.6 Å². The van der Waals surface area contributed by atoms with Gasteiger partial charge < -0.3 is 14.8 Å². The van der Waals surface area contributed by atoms with Gasteiger partial charge >= 0.3 is 0 Å². The average Bonchev–Trinajstić information content (AvgIpc) is 3.11. The number of nitrogens with zero attached hydrogens (tertiary/aromatic N) is 4. The quantitative estimate of drug-likeness (QED) is 0.444. The molecule has 2 aromatic carbocycles. The maximum atomic E-state index is 6.07. The molecule has 0 saturated carbocycles. The molecule has 0 fully saturated rings. The first-order valence-corrected chi connectivity index (χ1v) is 10.1.